The molecule has 0 aliphatic heterocycles. The number of carbonyl (C=O) groups is 1. The van der Waals surface area contributed by atoms with Crippen molar-refractivity contribution in [1.82, 2.24) is 0 Å². The molecule has 17 heavy (non-hydrogen) atoms. The van der Waals surface area contributed by atoms with Crippen LogP contribution in [0.25, 0.3) is 6.08 Å². The number of hydrogen-bond acceptors (Lipinski definition) is 2. The van der Waals surface area contributed by atoms with Crippen LogP contribution >= 0.6 is 0 Å². The molecule has 2 heteroatoms. The summed E-state index contributed by atoms with van der Waals surface area (Å²) in [4.78, 5) is 12.1. The van der Waals surface area contributed by atoms with E-state index in [0.717, 1.165) is 0 Å². The van der Waals surface area contributed by atoms with E-state index in [9.17, 15) is 9.90 Å². The number of para-hydroxylation sites is 1. The van der Waals surface area contributed by atoms with Gasteiger partial charge in [0.2, 0.25) is 0 Å². The number of ketones is 1. The number of hydrogen-bond donors (Lipinski definition) is 1. The van der Waals surface area contributed by atoms with Crippen LogP contribution in [0.2, 0.25) is 0 Å². The highest BCUT2D eigenvalue weighted by Crippen LogP contribution is 2.25. The van der Waals surface area contributed by atoms with E-state index in [1.165, 1.54) is 6.08 Å². The van der Waals surface area contributed by atoms with Crippen LogP contribution in [0.1, 0.15) is 21.5 Å². The van der Waals surface area contributed by atoms with Crippen LogP contribution in [0.3, 0.4) is 0 Å². The molecule has 0 spiro atoms. The third-order valence-electron chi connectivity index (χ3n) is 2.57. The van der Waals surface area contributed by atoms with Crippen molar-refractivity contribution in [2.45, 2.75) is 0 Å². The third kappa shape index (κ3) is 2.11. The van der Waals surface area contributed by atoms with Crippen molar-refractivity contribution >= 4 is 11.9 Å². The van der Waals surface area contributed by atoms with Gasteiger partial charge in [0.1, 0.15) is 5.75 Å². The Balaban J connectivity index is 2.48. The van der Waals surface area contributed by atoms with Gasteiger partial charge in [0.25, 0.3) is 0 Å². The molecule has 0 unspecified atom stereocenters. The summed E-state index contributed by atoms with van der Waals surface area (Å²) in [6.07, 6.45) is 1.52. The number of aromatic hydroxyl groups is 1. The highest BCUT2D eigenvalue weighted by Gasteiger charge is 2.14. The van der Waals surface area contributed by atoms with Gasteiger partial charge in [-0.05, 0) is 6.07 Å². The van der Waals surface area contributed by atoms with Gasteiger partial charge >= 0.3 is 0 Å². The Labute approximate surface area is 99.8 Å². The molecular formula is C15H12O2. The highest BCUT2D eigenvalue weighted by molar-refractivity contribution is 6.11. The Morgan fingerprint density at radius 1 is 1.06 bits per heavy atom. The molecule has 2 rings (SSSR count). The smallest absolute Gasteiger partial charge is 0.196 e. The van der Waals surface area contributed by atoms with Crippen molar-refractivity contribution in [2.24, 2.45) is 0 Å². The quantitative estimate of drug-likeness (QED) is 0.812. The molecule has 0 aliphatic carbocycles. The molecule has 0 fully saturated rings. The van der Waals surface area contributed by atoms with Crippen LogP contribution in [-0.4, -0.2) is 10.9 Å². The minimum Gasteiger partial charge on any atom is -0.507 e. The summed E-state index contributed by atoms with van der Waals surface area (Å²) in [5, 5.41) is 9.93. The van der Waals surface area contributed by atoms with Gasteiger partial charge in [-0.2, -0.15) is 0 Å². The summed E-state index contributed by atoms with van der Waals surface area (Å²) in [6.45, 7) is 3.59. The van der Waals surface area contributed by atoms with Crippen molar-refractivity contribution in [3.63, 3.8) is 0 Å². The van der Waals surface area contributed by atoms with Gasteiger partial charge in [-0.1, -0.05) is 55.1 Å². The summed E-state index contributed by atoms with van der Waals surface area (Å²) in [7, 11) is 0. The van der Waals surface area contributed by atoms with Gasteiger partial charge in [0.05, 0.1) is 5.56 Å². The normalized spacial score (nSPS) is 9.88. The maximum atomic E-state index is 12.1. The molecule has 2 aromatic carbocycles. The molecule has 0 atom stereocenters. The number of phenolic OH excluding ortho intramolecular Hbond substituents is 1. The molecule has 2 aromatic rings. The van der Waals surface area contributed by atoms with Crippen LogP contribution in [0, 0.1) is 0 Å². The molecule has 0 saturated carbocycles. The predicted molar refractivity (Wildman–Crippen MR) is 68.1 cm³/mol. The lowest BCUT2D eigenvalue weighted by molar-refractivity contribution is 0.103. The van der Waals surface area contributed by atoms with Gasteiger partial charge in [-0.3, -0.25) is 4.79 Å². The second-order valence-corrected chi connectivity index (χ2v) is 3.64. The molecular weight excluding hydrogens is 212 g/mol. The monoisotopic (exact) mass is 224 g/mol. The lowest BCUT2D eigenvalue weighted by atomic mass is 10.00. The van der Waals surface area contributed by atoms with E-state index in [1.54, 1.807) is 42.5 Å². The zero-order valence-corrected chi connectivity index (χ0v) is 9.26. The van der Waals surface area contributed by atoms with Crippen molar-refractivity contribution in [3.8, 4) is 5.75 Å². The summed E-state index contributed by atoms with van der Waals surface area (Å²) < 4.78 is 0. The van der Waals surface area contributed by atoms with Gasteiger partial charge in [-0.15, -0.1) is 0 Å². The van der Waals surface area contributed by atoms with Crippen LogP contribution in [0.15, 0.2) is 55.1 Å². The first-order valence-electron chi connectivity index (χ1n) is 5.28. The first-order chi connectivity index (χ1) is 8.24. The minimum absolute atomic E-state index is 0.0173. The number of phenols is 1. The van der Waals surface area contributed by atoms with Gasteiger partial charge in [0, 0.05) is 11.1 Å². The average molecular weight is 224 g/mol. The molecule has 0 aliphatic rings. The van der Waals surface area contributed by atoms with Crippen LogP contribution in [-0.2, 0) is 0 Å². The van der Waals surface area contributed by atoms with Crippen molar-refractivity contribution in [1.29, 1.82) is 0 Å². The van der Waals surface area contributed by atoms with E-state index < -0.39 is 0 Å². The molecule has 84 valence electrons. The molecule has 0 radical (unpaired) electrons. The fraction of sp³-hybridized carbons (Fsp3) is 0. The zero-order chi connectivity index (χ0) is 12.3. The average Bonchev–Trinajstić information content (AvgIpc) is 2.39. The molecule has 0 saturated heterocycles. The Morgan fingerprint density at radius 3 is 2.41 bits per heavy atom. The first-order valence-corrected chi connectivity index (χ1v) is 5.28. The van der Waals surface area contributed by atoms with Crippen LogP contribution in [0.4, 0.5) is 0 Å². The summed E-state index contributed by atoms with van der Waals surface area (Å²) in [6, 6.07) is 13.9. The second kappa shape index (κ2) is 4.66. The van der Waals surface area contributed by atoms with E-state index in [4.69, 9.17) is 0 Å². The predicted octanol–water partition coefficient (Wildman–Crippen LogP) is 3.27. The third-order valence-corrected chi connectivity index (χ3v) is 2.57. The van der Waals surface area contributed by atoms with Crippen LogP contribution in [0.5, 0.6) is 5.75 Å². The Hall–Kier alpha value is -2.35. The molecule has 1 N–H and O–H groups in total. The maximum absolute atomic E-state index is 12.1. The topological polar surface area (TPSA) is 37.3 Å². The van der Waals surface area contributed by atoms with Crippen LogP contribution < -0.4 is 0 Å². The van der Waals surface area contributed by atoms with E-state index >= 15 is 0 Å². The van der Waals surface area contributed by atoms with Crippen molar-refractivity contribution < 1.29 is 9.90 Å². The summed E-state index contributed by atoms with van der Waals surface area (Å²) in [5.74, 6) is -0.205. The first kappa shape index (κ1) is 11.1. The molecule has 0 aromatic heterocycles. The maximum Gasteiger partial charge on any atom is 0.196 e. The fourth-order valence-electron chi connectivity index (χ4n) is 1.65. The lowest BCUT2D eigenvalue weighted by Gasteiger charge is -2.06. The molecule has 0 heterocycles. The number of benzene rings is 2. The molecule has 0 bridgehead atoms. The minimum atomic E-state index is -0.188. The SMILES string of the molecule is C=Cc1cccc(C(=O)c2ccccc2)c1O. The zero-order valence-electron chi connectivity index (χ0n) is 9.26. The Kier molecular flexibility index (Phi) is 3.06. The highest BCUT2D eigenvalue weighted by atomic mass is 16.3. The summed E-state index contributed by atoms with van der Waals surface area (Å²) in [5.41, 5.74) is 1.42. The largest absolute Gasteiger partial charge is 0.507 e. The van der Waals surface area contributed by atoms with Crippen molar-refractivity contribution in [2.75, 3.05) is 0 Å². The Bertz CT molecular complexity index is 556. The van der Waals surface area contributed by atoms with Gasteiger partial charge < -0.3 is 5.11 Å². The lowest BCUT2D eigenvalue weighted by Crippen LogP contribution is -2.01. The second-order valence-electron chi connectivity index (χ2n) is 3.64. The van der Waals surface area contributed by atoms with Gasteiger partial charge in [0.15, 0.2) is 5.78 Å². The molecule has 2 nitrogen and oxygen atoms in total. The van der Waals surface area contributed by atoms with E-state index in [1.807, 2.05) is 6.07 Å². The Morgan fingerprint density at radius 2 is 1.76 bits per heavy atom. The van der Waals surface area contributed by atoms with E-state index in [-0.39, 0.29) is 11.5 Å². The van der Waals surface area contributed by atoms with Gasteiger partial charge in [-0.25, -0.2) is 0 Å². The van der Waals surface area contributed by atoms with Crippen molar-refractivity contribution in [3.05, 3.63) is 71.8 Å². The van der Waals surface area contributed by atoms with E-state index in [2.05, 4.69) is 6.58 Å². The number of rotatable bonds is 3. The molecule has 0 amide bonds. The fourth-order valence-corrected chi connectivity index (χ4v) is 1.65. The standard InChI is InChI=1S/C15H12O2/c1-2-11-9-6-10-13(14(11)16)15(17)12-7-4-3-5-8-12/h2-10,16H,1H2. The number of carbonyl (C=O) groups excluding carboxylic acids is 1. The summed E-state index contributed by atoms with van der Waals surface area (Å²) >= 11 is 0. The van der Waals surface area contributed by atoms with E-state index in [0.29, 0.717) is 16.7 Å².